The predicted octanol–water partition coefficient (Wildman–Crippen LogP) is 0.470. The fourth-order valence-electron chi connectivity index (χ4n) is 4.17. The van der Waals surface area contributed by atoms with Crippen LogP contribution in [0, 0.1) is 0 Å². The lowest BCUT2D eigenvalue weighted by atomic mass is 9.80. The van der Waals surface area contributed by atoms with Crippen molar-refractivity contribution in [3.63, 3.8) is 0 Å². The van der Waals surface area contributed by atoms with Crippen LogP contribution in [0.15, 0.2) is 6.33 Å². The first-order valence-corrected chi connectivity index (χ1v) is 10.5. The highest BCUT2D eigenvalue weighted by Gasteiger charge is 2.50. The van der Waals surface area contributed by atoms with Crippen LogP contribution in [0.1, 0.15) is 37.6 Å². The Hall–Kier alpha value is -1.45. The molecule has 1 atom stereocenters. The molecule has 0 saturated carbocycles. The molecule has 1 spiro atoms. The van der Waals surface area contributed by atoms with E-state index in [2.05, 4.69) is 9.97 Å². The maximum atomic E-state index is 12.6. The van der Waals surface area contributed by atoms with Crippen LogP contribution in [0.3, 0.4) is 0 Å². The molecule has 140 valence electrons. The molecule has 0 radical (unpaired) electrons. The number of carbonyl (C=O) groups excluding carboxylic acids is 1. The quantitative estimate of drug-likeness (QED) is 0.831. The molecule has 1 aromatic heterocycles. The van der Waals surface area contributed by atoms with Gasteiger partial charge >= 0.3 is 0 Å². The van der Waals surface area contributed by atoms with Crippen molar-refractivity contribution < 1.29 is 17.9 Å². The van der Waals surface area contributed by atoms with Gasteiger partial charge in [0.25, 0.3) is 5.91 Å². The lowest BCUT2D eigenvalue weighted by molar-refractivity contribution is -0.144. The van der Waals surface area contributed by atoms with Gasteiger partial charge in [-0.3, -0.25) is 4.79 Å². The second-order valence-corrected chi connectivity index (χ2v) is 8.71. The van der Waals surface area contributed by atoms with Crippen molar-refractivity contribution in [2.75, 3.05) is 33.0 Å². The van der Waals surface area contributed by atoms with E-state index in [1.807, 2.05) is 6.92 Å². The summed E-state index contributed by atoms with van der Waals surface area (Å²) in [4.78, 5) is 21.9. The van der Waals surface area contributed by atoms with Gasteiger partial charge in [-0.25, -0.2) is 13.4 Å². The van der Waals surface area contributed by atoms with Crippen LogP contribution >= 0.6 is 0 Å². The number of fused-ring (bicyclic) bond motifs is 2. The minimum Gasteiger partial charge on any atom is -0.372 e. The summed E-state index contributed by atoms with van der Waals surface area (Å²) in [7, 11) is -1.82. The Kier molecular flexibility index (Phi) is 4.91. The van der Waals surface area contributed by atoms with Crippen molar-refractivity contribution in [3.8, 4) is 0 Å². The Labute approximate surface area is 148 Å². The molecule has 2 aliphatic heterocycles. The summed E-state index contributed by atoms with van der Waals surface area (Å²) in [5.41, 5.74) is 1.16. The van der Waals surface area contributed by atoms with E-state index in [-0.39, 0.29) is 5.91 Å². The number of amides is 1. The van der Waals surface area contributed by atoms with Gasteiger partial charge in [-0.2, -0.15) is 4.31 Å². The molecule has 3 heterocycles. The van der Waals surface area contributed by atoms with Crippen LogP contribution < -0.4 is 0 Å². The first kappa shape index (κ1) is 18.3. The van der Waals surface area contributed by atoms with Crippen LogP contribution in [0.25, 0.3) is 0 Å². The van der Waals surface area contributed by atoms with Gasteiger partial charge in [0.05, 0.1) is 23.8 Å². The van der Waals surface area contributed by atoms with Crippen molar-refractivity contribution in [1.29, 1.82) is 0 Å². The normalized spacial score (nSPS) is 22.0. The van der Waals surface area contributed by atoms with Gasteiger partial charge in [0.15, 0.2) is 0 Å². The van der Waals surface area contributed by atoms with E-state index in [1.165, 1.54) is 6.26 Å². The topological polar surface area (TPSA) is 95.6 Å². The number of nitrogens with zero attached hydrogens (tertiary/aromatic N) is 3. The molecular weight excluding hydrogens is 344 g/mol. The van der Waals surface area contributed by atoms with Crippen molar-refractivity contribution >= 4 is 15.9 Å². The summed E-state index contributed by atoms with van der Waals surface area (Å²) < 4.78 is 31.6. The van der Waals surface area contributed by atoms with Gasteiger partial charge in [-0.15, -0.1) is 0 Å². The standard InChI is InChI=1S/C16H26N4O4S/c1-4-13(24-2)15(21)19-9-6-16(7-10-19)14-12(17-11-18-14)5-8-20(16)25(3,22)23/h11,13H,4-10H2,1-3H3,(H,17,18)/t13-/m1/s1. The number of hydrogen-bond acceptors (Lipinski definition) is 5. The van der Waals surface area contributed by atoms with E-state index >= 15 is 0 Å². The zero-order valence-corrected chi connectivity index (χ0v) is 15.8. The number of ether oxygens (including phenoxy) is 1. The van der Waals surface area contributed by atoms with Gasteiger partial charge in [-0.1, -0.05) is 6.92 Å². The summed E-state index contributed by atoms with van der Waals surface area (Å²) in [5, 5.41) is 0. The summed E-state index contributed by atoms with van der Waals surface area (Å²) in [6.07, 6.45) is 4.79. The molecular formula is C16H26N4O4S. The average molecular weight is 370 g/mol. The fraction of sp³-hybridized carbons (Fsp3) is 0.750. The molecule has 2 aliphatic rings. The van der Waals surface area contributed by atoms with Gasteiger partial charge < -0.3 is 14.6 Å². The van der Waals surface area contributed by atoms with E-state index in [0.29, 0.717) is 45.3 Å². The van der Waals surface area contributed by atoms with Crippen LogP contribution in [0.2, 0.25) is 0 Å². The number of imidazole rings is 1. The highest BCUT2D eigenvalue weighted by molar-refractivity contribution is 7.88. The monoisotopic (exact) mass is 370 g/mol. The largest absolute Gasteiger partial charge is 0.372 e. The minimum atomic E-state index is -3.37. The number of H-pyrrole nitrogens is 1. The van der Waals surface area contributed by atoms with E-state index in [0.717, 1.165) is 11.4 Å². The first-order chi connectivity index (χ1) is 11.8. The number of rotatable bonds is 4. The first-order valence-electron chi connectivity index (χ1n) is 8.65. The lowest BCUT2D eigenvalue weighted by Crippen LogP contribution is -2.59. The summed E-state index contributed by atoms with van der Waals surface area (Å²) in [5.74, 6) is -0.0242. The lowest BCUT2D eigenvalue weighted by Gasteiger charge is -2.49. The van der Waals surface area contributed by atoms with Crippen LogP contribution in [0.4, 0.5) is 0 Å². The van der Waals surface area contributed by atoms with Gasteiger partial charge in [0.2, 0.25) is 10.0 Å². The van der Waals surface area contributed by atoms with E-state index in [9.17, 15) is 13.2 Å². The number of nitrogens with one attached hydrogen (secondary N) is 1. The second-order valence-electron chi connectivity index (χ2n) is 6.80. The number of aromatic amines is 1. The predicted molar refractivity (Wildman–Crippen MR) is 92.4 cm³/mol. The van der Waals surface area contributed by atoms with Crippen LogP contribution in [0.5, 0.6) is 0 Å². The maximum absolute atomic E-state index is 12.6. The molecule has 0 aliphatic carbocycles. The van der Waals surface area contributed by atoms with Crippen molar-refractivity contribution in [2.24, 2.45) is 0 Å². The van der Waals surface area contributed by atoms with Crippen molar-refractivity contribution in [2.45, 2.75) is 44.2 Å². The molecule has 1 saturated heterocycles. The van der Waals surface area contributed by atoms with Crippen LogP contribution in [-0.2, 0) is 31.5 Å². The summed E-state index contributed by atoms with van der Waals surface area (Å²) >= 11 is 0. The molecule has 25 heavy (non-hydrogen) atoms. The maximum Gasteiger partial charge on any atom is 0.251 e. The summed E-state index contributed by atoms with van der Waals surface area (Å²) in [6.45, 7) is 3.35. The number of likely N-dealkylation sites (tertiary alicyclic amines) is 1. The molecule has 8 nitrogen and oxygen atoms in total. The average Bonchev–Trinajstić information content (AvgIpc) is 3.05. The molecule has 0 unspecified atom stereocenters. The smallest absolute Gasteiger partial charge is 0.251 e. The Morgan fingerprint density at radius 3 is 2.64 bits per heavy atom. The minimum absolute atomic E-state index is 0.0242. The zero-order valence-electron chi connectivity index (χ0n) is 15.0. The molecule has 1 aromatic rings. The Morgan fingerprint density at radius 2 is 2.08 bits per heavy atom. The van der Waals surface area contributed by atoms with E-state index in [1.54, 1.807) is 22.6 Å². The summed E-state index contributed by atoms with van der Waals surface area (Å²) in [6, 6.07) is 0. The third-order valence-electron chi connectivity index (χ3n) is 5.43. The molecule has 3 rings (SSSR count). The fourth-order valence-corrected chi connectivity index (χ4v) is 5.50. The molecule has 9 heteroatoms. The Balaban J connectivity index is 1.88. The highest BCUT2D eigenvalue weighted by Crippen LogP contribution is 2.43. The molecule has 1 N–H and O–H groups in total. The Morgan fingerprint density at radius 1 is 1.40 bits per heavy atom. The van der Waals surface area contributed by atoms with E-state index in [4.69, 9.17) is 4.74 Å². The third-order valence-corrected chi connectivity index (χ3v) is 6.77. The second kappa shape index (κ2) is 6.69. The van der Waals surface area contributed by atoms with Crippen LogP contribution in [-0.4, -0.2) is 72.6 Å². The molecule has 1 fully saturated rings. The highest BCUT2D eigenvalue weighted by atomic mass is 32.2. The van der Waals surface area contributed by atoms with Crippen molar-refractivity contribution in [1.82, 2.24) is 19.2 Å². The molecule has 0 aromatic carbocycles. The third kappa shape index (κ3) is 3.09. The van der Waals surface area contributed by atoms with Crippen molar-refractivity contribution in [3.05, 3.63) is 17.7 Å². The SMILES string of the molecule is CC[C@@H](OC)C(=O)N1CCC2(CC1)c1nc[nH]c1CCN2S(C)(=O)=O. The number of piperidine rings is 1. The Bertz CT molecular complexity index is 733. The number of hydrogen-bond donors (Lipinski definition) is 1. The zero-order chi connectivity index (χ0) is 18.2. The molecule has 1 amide bonds. The number of methoxy groups -OCH3 is 1. The van der Waals surface area contributed by atoms with Gasteiger partial charge in [0.1, 0.15) is 6.10 Å². The molecule has 0 bridgehead atoms. The number of aromatic nitrogens is 2. The van der Waals surface area contributed by atoms with Gasteiger partial charge in [0, 0.05) is 38.9 Å². The number of sulfonamides is 1. The van der Waals surface area contributed by atoms with E-state index < -0.39 is 21.7 Å². The van der Waals surface area contributed by atoms with Gasteiger partial charge in [-0.05, 0) is 19.3 Å². The number of carbonyl (C=O) groups is 1.